The summed E-state index contributed by atoms with van der Waals surface area (Å²) >= 11 is 9.24. The van der Waals surface area contributed by atoms with Gasteiger partial charge < -0.3 is 4.57 Å². The molecule has 0 radical (unpaired) electrons. The number of unbranched alkanes of at least 4 members (excludes halogenated alkanes) is 1. The van der Waals surface area contributed by atoms with Crippen molar-refractivity contribution in [2.24, 2.45) is 0 Å². The number of nitrogens with zero attached hydrogens (tertiary/aromatic N) is 2. The Balaban J connectivity index is 2.34. The summed E-state index contributed by atoms with van der Waals surface area (Å²) in [6.45, 7) is 3.24. The van der Waals surface area contributed by atoms with Crippen LogP contribution in [0.5, 0.6) is 0 Å². The summed E-state index contributed by atoms with van der Waals surface area (Å²) in [5, 5.41) is 0. The molecule has 0 saturated heterocycles. The van der Waals surface area contributed by atoms with E-state index in [2.05, 4.69) is 45.6 Å². The zero-order chi connectivity index (χ0) is 13.0. The van der Waals surface area contributed by atoms with E-state index >= 15 is 0 Å². The largest absolute Gasteiger partial charge is 0.328 e. The second kappa shape index (κ2) is 6.58. The molecule has 98 valence electrons. The number of rotatable bonds is 6. The monoisotopic (exact) mass is 328 g/mol. The van der Waals surface area contributed by atoms with Gasteiger partial charge in [0.25, 0.3) is 0 Å². The second-order valence-electron chi connectivity index (χ2n) is 4.46. The van der Waals surface area contributed by atoms with Crippen LogP contribution in [0, 0.1) is 0 Å². The molecule has 1 heterocycles. The number of aromatic nitrogens is 2. The molecule has 0 aliphatic heterocycles. The molecule has 4 heteroatoms. The van der Waals surface area contributed by atoms with Crippen LogP contribution >= 0.6 is 27.5 Å². The zero-order valence-electron chi connectivity index (χ0n) is 10.6. The number of aryl methyl sites for hydroxylation is 2. The predicted octanol–water partition coefficient (Wildman–Crippen LogP) is 4.77. The minimum Gasteiger partial charge on any atom is -0.328 e. The Morgan fingerprint density at radius 3 is 2.89 bits per heavy atom. The lowest BCUT2D eigenvalue weighted by Crippen LogP contribution is -2.03. The van der Waals surface area contributed by atoms with Gasteiger partial charge in [0.05, 0.1) is 11.0 Å². The molecule has 0 saturated carbocycles. The van der Waals surface area contributed by atoms with Gasteiger partial charge in [0.2, 0.25) is 0 Å². The van der Waals surface area contributed by atoms with E-state index in [0.29, 0.717) is 0 Å². The molecule has 0 N–H and O–H groups in total. The summed E-state index contributed by atoms with van der Waals surface area (Å²) in [4.78, 5) is 4.75. The Bertz CT molecular complexity index is 522. The maximum absolute atomic E-state index is 5.73. The highest BCUT2D eigenvalue weighted by molar-refractivity contribution is 9.10. The van der Waals surface area contributed by atoms with Crippen LogP contribution in [0.3, 0.4) is 0 Å². The first-order valence-electron chi connectivity index (χ1n) is 6.47. The van der Waals surface area contributed by atoms with E-state index in [0.717, 1.165) is 48.1 Å². The summed E-state index contributed by atoms with van der Waals surface area (Å²) in [6.07, 6.45) is 4.31. The van der Waals surface area contributed by atoms with Crippen LogP contribution in [0.15, 0.2) is 22.7 Å². The lowest BCUT2D eigenvalue weighted by Gasteiger charge is -2.07. The molecule has 0 spiro atoms. The number of fused-ring (bicyclic) bond motifs is 1. The van der Waals surface area contributed by atoms with Gasteiger partial charge in [-0.3, -0.25) is 0 Å². The van der Waals surface area contributed by atoms with E-state index in [9.17, 15) is 0 Å². The number of hydrogen-bond acceptors (Lipinski definition) is 1. The second-order valence-corrected chi connectivity index (χ2v) is 5.75. The molecule has 0 fully saturated rings. The van der Waals surface area contributed by atoms with Crippen LogP contribution in [0.1, 0.15) is 32.0 Å². The van der Waals surface area contributed by atoms with Crippen molar-refractivity contribution in [2.75, 3.05) is 5.88 Å². The fourth-order valence-corrected chi connectivity index (χ4v) is 2.73. The van der Waals surface area contributed by atoms with Crippen LogP contribution in [-0.4, -0.2) is 15.4 Å². The van der Waals surface area contributed by atoms with E-state index in [-0.39, 0.29) is 0 Å². The average molecular weight is 330 g/mol. The lowest BCUT2D eigenvalue weighted by atomic mass is 10.2. The number of hydrogen-bond donors (Lipinski definition) is 0. The van der Waals surface area contributed by atoms with Crippen molar-refractivity contribution < 1.29 is 0 Å². The van der Waals surface area contributed by atoms with Crippen LogP contribution in [0.2, 0.25) is 0 Å². The number of benzene rings is 1. The number of halogens is 2. The molecule has 0 bridgehead atoms. The van der Waals surface area contributed by atoms with Gasteiger partial charge >= 0.3 is 0 Å². The fraction of sp³-hybridized carbons (Fsp3) is 0.500. The molecule has 0 unspecified atom stereocenters. The topological polar surface area (TPSA) is 17.8 Å². The third-order valence-electron chi connectivity index (χ3n) is 3.02. The smallest absolute Gasteiger partial charge is 0.109 e. The van der Waals surface area contributed by atoms with Crippen molar-refractivity contribution in [3.8, 4) is 0 Å². The van der Waals surface area contributed by atoms with Gasteiger partial charge in [-0.1, -0.05) is 22.9 Å². The first-order valence-corrected chi connectivity index (χ1v) is 7.79. The molecule has 0 aliphatic carbocycles. The van der Waals surface area contributed by atoms with Gasteiger partial charge in [0.1, 0.15) is 5.82 Å². The van der Waals surface area contributed by atoms with Crippen molar-refractivity contribution >= 4 is 38.6 Å². The van der Waals surface area contributed by atoms with E-state index in [1.165, 1.54) is 11.3 Å². The lowest BCUT2D eigenvalue weighted by molar-refractivity contribution is 0.634. The fourth-order valence-electron chi connectivity index (χ4n) is 2.19. The summed E-state index contributed by atoms with van der Waals surface area (Å²) in [6, 6.07) is 6.32. The Hall–Kier alpha value is -0.540. The normalized spacial score (nSPS) is 11.3. The molecule has 0 atom stereocenters. The van der Waals surface area contributed by atoms with Gasteiger partial charge in [-0.15, -0.1) is 11.6 Å². The third-order valence-corrected chi connectivity index (χ3v) is 3.78. The molecule has 2 rings (SSSR count). The highest BCUT2D eigenvalue weighted by Gasteiger charge is 2.09. The Kier molecular flexibility index (Phi) is 5.07. The van der Waals surface area contributed by atoms with Crippen molar-refractivity contribution in [2.45, 2.75) is 39.2 Å². The zero-order valence-corrected chi connectivity index (χ0v) is 13.0. The molecule has 1 aromatic carbocycles. The van der Waals surface area contributed by atoms with Crippen LogP contribution in [0.4, 0.5) is 0 Å². The van der Waals surface area contributed by atoms with Crippen LogP contribution in [0.25, 0.3) is 11.0 Å². The average Bonchev–Trinajstić information content (AvgIpc) is 2.68. The molecular weight excluding hydrogens is 312 g/mol. The van der Waals surface area contributed by atoms with Gasteiger partial charge in [-0.25, -0.2) is 4.98 Å². The first-order chi connectivity index (χ1) is 8.76. The van der Waals surface area contributed by atoms with Crippen molar-refractivity contribution in [1.29, 1.82) is 0 Å². The molecule has 0 aliphatic rings. The third kappa shape index (κ3) is 3.07. The highest BCUT2D eigenvalue weighted by Crippen LogP contribution is 2.22. The molecule has 18 heavy (non-hydrogen) atoms. The van der Waals surface area contributed by atoms with Gasteiger partial charge in [0, 0.05) is 23.3 Å². The SMILES string of the molecule is CCCn1c(CCCCCl)nc2cc(Br)ccc21. The minimum atomic E-state index is 0.736. The first kappa shape index (κ1) is 13.9. The van der Waals surface area contributed by atoms with Crippen molar-refractivity contribution in [1.82, 2.24) is 9.55 Å². The Labute approximate surface area is 121 Å². The molecule has 2 nitrogen and oxygen atoms in total. The van der Waals surface area contributed by atoms with Crippen molar-refractivity contribution in [3.63, 3.8) is 0 Å². The van der Waals surface area contributed by atoms with E-state index in [1.807, 2.05) is 0 Å². The molecule has 0 amide bonds. The standard InChI is InChI=1S/C14H18BrClN2/c1-2-9-18-13-7-6-11(15)10-12(13)17-14(18)5-3-4-8-16/h6-7,10H,2-5,8-9H2,1H3. The number of imidazole rings is 1. The molecule has 1 aromatic heterocycles. The van der Waals surface area contributed by atoms with E-state index in [4.69, 9.17) is 16.6 Å². The van der Waals surface area contributed by atoms with Crippen LogP contribution < -0.4 is 0 Å². The van der Waals surface area contributed by atoms with Gasteiger partial charge in [-0.05, 0) is 37.5 Å². The number of alkyl halides is 1. The Morgan fingerprint density at radius 2 is 2.17 bits per heavy atom. The Morgan fingerprint density at radius 1 is 1.33 bits per heavy atom. The van der Waals surface area contributed by atoms with Crippen LogP contribution in [-0.2, 0) is 13.0 Å². The van der Waals surface area contributed by atoms with E-state index < -0.39 is 0 Å². The maximum Gasteiger partial charge on any atom is 0.109 e. The van der Waals surface area contributed by atoms with Gasteiger partial charge in [0.15, 0.2) is 0 Å². The highest BCUT2D eigenvalue weighted by atomic mass is 79.9. The predicted molar refractivity (Wildman–Crippen MR) is 81.4 cm³/mol. The quantitative estimate of drug-likeness (QED) is 0.551. The van der Waals surface area contributed by atoms with Gasteiger partial charge in [-0.2, -0.15) is 0 Å². The maximum atomic E-state index is 5.73. The summed E-state index contributed by atoms with van der Waals surface area (Å²) in [5.41, 5.74) is 2.32. The van der Waals surface area contributed by atoms with E-state index in [1.54, 1.807) is 0 Å². The summed E-state index contributed by atoms with van der Waals surface area (Å²) in [7, 11) is 0. The molecule has 2 aromatic rings. The summed E-state index contributed by atoms with van der Waals surface area (Å²) in [5.74, 6) is 1.93. The van der Waals surface area contributed by atoms with Crippen molar-refractivity contribution in [3.05, 3.63) is 28.5 Å². The molecular formula is C14H18BrClN2. The minimum absolute atomic E-state index is 0.736. The summed E-state index contributed by atoms with van der Waals surface area (Å²) < 4.78 is 3.43.